The Morgan fingerprint density at radius 3 is 1.96 bits per heavy atom. The Labute approximate surface area is 147 Å². The third kappa shape index (κ3) is 2.61. The first kappa shape index (κ1) is 16.3. The van der Waals surface area contributed by atoms with E-state index in [9.17, 15) is 22.8 Å². The van der Waals surface area contributed by atoms with Gasteiger partial charge in [-0.15, -0.1) is 0 Å². The fraction of sp³-hybridized carbons (Fsp3) is 0.0667. The summed E-state index contributed by atoms with van der Waals surface area (Å²) in [7, 11) is 0. The van der Waals surface area contributed by atoms with Crippen LogP contribution >= 0.6 is 34.2 Å². The number of benzene rings is 2. The summed E-state index contributed by atoms with van der Waals surface area (Å²) in [6.45, 7) is 0. The second-order valence-corrected chi connectivity index (χ2v) is 6.35. The molecule has 0 aliphatic carbocycles. The van der Waals surface area contributed by atoms with Crippen molar-refractivity contribution < 1.29 is 22.8 Å². The van der Waals surface area contributed by atoms with Crippen molar-refractivity contribution in [2.75, 3.05) is 4.90 Å². The minimum Gasteiger partial charge on any atom is -0.268 e. The second kappa shape index (κ2) is 5.48. The smallest absolute Gasteiger partial charge is 0.268 e. The number of halogens is 5. The van der Waals surface area contributed by atoms with Crippen LogP contribution < -0.4 is 4.90 Å². The zero-order valence-corrected chi connectivity index (χ0v) is 14.0. The summed E-state index contributed by atoms with van der Waals surface area (Å²) in [5.41, 5.74) is -0.577. The SMILES string of the molecule is O=C1c2ccccc2C(=O)N1c1c(Cl)cc(C(F)(F)F)cc1I. The van der Waals surface area contributed by atoms with E-state index in [1.807, 2.05) is 0 Å². The van der Waals surface area contributed by atoms with Crippen LogP contribution in [0.4, 0.5) is 18.9 Å². The first-order valence-electron chi connectivity index (χ1n) is 6.26. The van der Waals surface area contributed by atoms with Gasteiger partial charge in [-0.25, -0.2) is 4.90 Å². The van der Waals surface area contributed by atoms with Crippen LogP contribution in [0, 0.1) is 3.57 Å². The molecule has 0 radical (unpaired) electrons. The molecule has 0 bridgehead atoms. The van der Waals surface area contributed by atoms with Crippen molar-refractivity contribution in [1.29, 1.82) is 0 Å². The van der Waals surface area contributed by atoms with Gasteiger partial charge < -0.3 is 0 Å². The number of hydrogen-bond donors (Lipinski definition) is 0. The summed E-state index contributed by atoms with van der Waals surface area (Å²) in [6.07, 6.45) is -4.57. The molecule has 3 nitrogen and oxygen atoms in total. The van der Waals surface area contributed by atoms with Crippen LogP contribution in [0.3, 0.4) is 0 Å². The summed E-state index contributed by atoms with van der Waals surface area (Å²) in [5, 5.41) is -0.307. The molecule has 0 fully saturated rings. The number of carbonyl (C=O) groups is 2. The quantitative estimate of drug-likeness (QED) is 0.463. The summed E-state index contributed by atoms with van der Waals surface area (Å²) in [6, 6.07) is 7.74. The molecular formula is C15H6ClF3INO2. The molecule has 0 saturated carbocycles. The summed E-state index contributed by atoms with van der Waals surface area (Å²) >= 11 is 7.57. The number of rotatable bonds is 1. The van der Waals surface area contributed by atoms with Crippen molar-refractivity contribution in [2.24, 2.45) is 0 Å². The fourth-order valence-electron chi connectivity index (χ4n) is 2.34. The third-order valence-electron chi connectivity index (χ3n) is 3.36. The molecule has 0 atom stereocenters. The number of imide groups is 1. The number of alkyl halides is 3. The van der Waals surface area contributed by atoms with Gasteiger partial charge in [0.05, 0.1) is 27.4 Å². The summed E-state index contributed by atoms with van der Waals surface area (Å²) < 4.78 is 38.5. The zero-order chi connectivity index (χ0) is 16.9. The van der Waals surface area contributed by atoms with E-state index in [0.29, 0.717) is 6.07 Å². The van der Waals surface area contributed by atoms with Gasteiger partial charge in [-0.1, -0.05) is 23.7 Å². The minimum absolute atomic E-state index is 0.0357. The molecule has 0 spiro atoms. The highest BCUT2D eigenvalue weighted by molar-refractivity contribution is 14.1. The van der Waals surface area contributed by atoms with Gasteiger partial charge in [-0.05, 0) is 46.9 Å². The molecule has 0 N–H and O–H groups in total. The van der Waals surface area contributed by atoms with Gasteiger partial charge in [0.15, 0.2) is 0 Å². The highest BCUT2D eigenvalue weighted by Gasteiger charge is 2.39. The van der Waals surface area contributed by atoms with E-state index in [1.165, 1.54) is 12.1 Å². The number of hydrogen-bond acceptors (Lipinski definition) is 2. The fourth-order valence-corrected chi connectivity index (χ4v) is 3.67. The third-order valence-corrected chi connectivity index (χ3v) is 4.47. The van der Waals surface area contributed by atoms with Gasteiger partial charge >= 0.3 is 6.18 Å². The van der Waals surface area contributed by atoms with Gasteiger partial charge in [0.1, 0.15) is 0 Å². The van der Waals surface area contributed by atoms with Crippen molar-refractivity contribution in [3.05, 3.63) is 61.7 Å². The lowest BCUT2D eigenvalue weighted by Gasteiger charge is -2.19. The first-order chi connectivity index (χ1) is 10.7. The van der Waals surface area contributed by atoms with Crippen LogP contribution in [0.5, 0.6) is 0 Å². The topological polar surface area (TPSA) is 37.4 Å². The highest BCUT2D eigenvalue weighted by atomic mass is 127. The Hall–Kier alpha value is -1.61. The molecule has 8 heteroatoms. The lowest BCUT2D eigenvalue weighted by atomic mass is 10.1. The molecule has 1 heterocycles. The Balaban J connectivity index is 2.15. The monoisotopic (exact) mass is 451 g/mol. The largest absolute Gasteiger partial charge is 0.416 e. The van der Waals surface area contributed by atoms with Crippen molar-refractivity contribution in [3.63, 3.8) is 0 Å². The van der Waals surface area contributed by atoms with Gasteiger partial charge in [-0.3, -0.25) is 9.59 Å². The van der Waals surface area contributed by atoms with Gasteiger partial charge in [0, 0.05) is 3.57 Å². The number of carbonyl (C=O) groups excluding carboxylic acids is 2. The van der Waals surface area contributed by atoms with Crippen LogP contribution in [0.1, 0.15) is 26.3 Å². The normalized spacial score (nSPS) is 14.4. The Bertz CT molecular complexity index is 793. The minimum atomic E-state index is -4.57. The number of amides is 2. The van der Waals surface area contributed by atoms with Crippen LogP contribution in [0.25, 0.3) is 0 Å². The molecule has 2 aromatic rings. The predicted molar refractivity (Wildman–Crippen MR) is 86.8 cm³/mol. The highest BCUT2D eigenvalue weighted by Crippen LogP contribution is 2.41. The molecule has 0 aromatic heterocycles. The first-order valence-corrected chi connectivity index (χ1v) is 7.71. The summed E-state index contributed by atoms with van der Waals surface area (Å²) in [4.78, 5) is 25.6. The van der Waals surface area contributed by atoms with Crippen LogP contribution in [-0.2, 0) is 6.18 Å². The number of anilines is 1. The van der Waals surface area contributed by atoms with Gasteiger partial charge in [0.2, 0.25) is 0 Å². The number of fused-ring (bicyclic) bond motifs is 1. The Morgan fingerprint density at radius 1 is 1.00 bits per heavy atom. The predicted octanol–water partition coefficient (Wildman–Crippen LogP) is 4.76. The molecular weight excluding hydrogens is 446 g/mol. The lowest BCUT2D eigenvalue weighted by Crippen LogP contribution is -2.30. The van der Waals surface area contributed by atoms with E-state index < -0.39 is 23.6 Å². The van der Waals surface area contributed by atoms with Crippen LogP contribution in [0.2, 0.25) is 5.02 Å². The molecule has 0 unspecified atom stereocenters. The van der Waals surface area contributed by atoms with E-state index in [2.05, 4.69) is 0 Å². The molecule has 3 rings (SSSR count). The number of nitrogens with zero attached hydrogens (tertiary/aromatic N) is 1. The molecule has 1 aliphatic rings. The molecule has 1 aliphatic heterocycles. The van der Waals surface area contributed by atoms with Crippen molar-refractivity contribution in [2.45, 2.75) is 6.18 Å². The molecule has 0 saturated heterocycles. The lowest BCUT2D eigenvalue weighted by molar-refractivity contribution is -0.137. The molecule has 118 valence electrons. The maximum absolute atomic E-state index is 12.8. The van der Waals surface area contributed by atoms with E-state index >= 15 is 0 Å². The van der Waals surface area contributed by atoms with E-state index in [4.69, 9.17) is 11.6 Å². The molecule has 2 amide bonds. The Morgan fingerprint density at radius 2 is 1.52 bits per heavy atom. The van der Waals surface area contributed by atoms with Crippen molar-refractivity contribution in [3.8, 4) is 0 Å². The average molecular weight is 452 g/mol. The maximum atomic E-state index is 12.8. The van der Waals surface area contributed by atoms with Crippen molar-refractivity contribution >= 4 is 51.7 Å². The van der Waals surface area contributed by atoms with Gasteiger partial charge in [0.25, 0.3) is 11.8 Å². The molecule has 23 heavy (non-hydrogen) atoms. The van der Waals surface area contributed by atoms with E-state index in [1.54, 1.807) is 34.7 Å². The second-order valence-electron chi connectivity index (χ2n) is 4.78. The Kier molecular flexibility index (Phi) is 3.88. The summed E-state index contributed by atoms with van der Waals surface area (Å²) in [5.74, 6) is -1.21. The van der Waals surface area contributed by atoms with Crippen LogP contribution in [-0.4, -0.2) is 11.8 Å². The van der Waals surface area contributed by atoms with Gasteiger partial charge in [-0.2, -0.15) is 13.2 Å². The average Bonchev–Trinajstić information content (AvgIpc) is 2.71. The van der Waals surface area contributed by atoms with E-state index in [0.717, 1.165) is 11.0 Å². The zero-order valence-electron chi connectivity index (χ0n) is 11.1. The molecule has 2 aromatic carbocycles. The standard InChI is InChI=1S/C15H6ClF3INO2/c16-10-5-7(15(17,18)19)6-11(20)12(10)21-13(22)8-3-1-2-4-9(8)14(21)23/h1-6H. The van der Waals surface area contributed by atoms with E-state index in [-0.39, 0.29) is 25.4 Å². The van der Waals surface area contributed by atoms with Crippen LogP contribution in [0.15, 0.2) is 36.4 Å². The van der Waals surface area contributed by atoms with Crippen molar-refractivity contribution in [1.82, 2.24) is 0 Å². The maximum Gasteiger partial charge on any atom is 0.416 e.